The third-order valence-corrected chi connectivity index (χ3v) is 7.50. The van der Waals surface area contributed by atoms with Gasteiger partial charge in [-0.1, -0.05) is 23.8 Å². The lowest BCUT2D eigenvalue weighted by molar-refractivity contribution is -0.205. The Morgan fingerprint density at radius 3 is 2.29 bits per heavy atom. The van der Waals surface area contributed by atoms with Gasteiger partial charge in [-0.15, -0.1) is 0 Å². The van der Waals surface area contributed by atoms with E-state index in [9.17, 15) is 19.5 Å². The summed E-state index contributed by atoms with van der Waals surface area (Å²) in [5.41, 5.74) is -0.668. The van der Waals surface area contributed by atoms with Crippen LogP contribution >= 0.6 is 0 Å². The van der Waals surface area contributed by atoms with Crippen LogP contribution in [0.4, 0.5) is 0 Å². The van der Waals surface area contributed by atoms with Crippen LogP contribution in [0.25, 0.3) is 0 Å². The lowest BCUT2D eigenvalue weighted by Crippen LogP contribution is -2.60. The van der Waals surface area contributed by atoms with Crippen LogP contribution < -0.4 is 0 Å². The van der Waals surface area contributed by atoms with E-state index < -0.39 is 59.3 Å². The highest BCUT2D eigenvalue weighted by atomic mass is 16.6. The third kappa shape index (κ3) is 5.08. The van der Waals surface area contributed by atoms with E-state index in [1.807, 2.05) is 13.0 Å². The molecule has 2 aliphatic heterocycles. The first kappa shape index (κ1) is 26.4. The molecule has 0 spiro atoms. The molecule has 0 unspecified atom stereocenters. The van der Waals surface area contributed by atoms with Crippen LogP contribution in [-0.4, -0.2) is 58.6 Å². The maximum absolute atomic E-state index is 12.0. The largest absolute Gasteiger partial charge is 0.462 e. The van der Waals surface area contributed by atoms with Crippen molar-refractivity contribution < 1.29 is 38.4 Å². The van der Waals surface area contributed by atoms with E-state index in [2.05, 4.69) is 6.58 Å². The van der Waals surface area contributed by atoms with E-state index in [0.717, 1.165) is 11.1 Å². The van der Waals surface area contributed by atoms with Crippen LogP contribution in [0.3, 0.4) is 0 Å². The molecule has 190 valence electrons. The number of ether oxygens (including phenoxy) is 4. The number of carbonyl (C=O) groups excluding carboxylic acids is 3. The standard InChI is InChI=1S/C26H38O8/c1-13-9-10-20(32-16(4)28)26(8,30)24-22-21(18(11-13)33-24)14(2)12-19(31-15(3)27)23(22)25(6,7)34-17(5)29/h9,18-24,30H,2,10-12H2,1,3-8H3/t18-,19-,20+,21-,22+,23+,24-,26-/m1/s1. The van der Waals surface area contributed by atoms with E-state index in [-0.39, 0.29) is 12.0 Å². The Morgan fingerprint density at radius 2 is 1.74 bits per heavy atom. The van der Waals surface area contributed by atoms with Gasteiger partial charge in [0.25, 0.3) is 0 Å². The van der Waals surface area contributed by atoms with Gasteiger partial charge in [0.15, 0.2) is 0 Å². The lowest BCUT2D eigenvalue weighted by atomic mass is 9.58. The molecule has 3 rings (SSSR count). The molecule has 1 saturated carbocycles. The summed E-state index contributed by atoms with van der Waals surface area (Å²) in [6, 6.07) is 0. The first-order valence-corrected chi connectivity index (χ1v) is 11.9. The first-order chi connectivity index (χ1) is 15.6. The summed E-state index contributed by atoms with van der Waals surface area (Å²) >= 11 is 0. The first-order valence-electron chi connectivity index (χ1n) is 11.9. The number of hydrogen-bond acceptors (Lipinski definition) is 8. The topological polar surface area (TPSA) is 108 Å². The second kappa shape index (κ2) is 9.46. The smallest absolute Gasteiger partial charge is 0.303 e. The van der Waals surface area contributed by atoms with Crippen molar-refractivity contribution in [2.75, 3.05) is 0 Å². The summed E-state index contributed by atoms with van der Waals surface area (Å²) in [6.07, 6.45) is 0.842. The number of hydrogen-bond donors (Lipinski definition) is 1. The van der Waals surface area contributed by atoms with Crippen molar-refractivity contribution in [3.8, 4) is 0 Å². The zero-order chi connectivity index (χ0) is 25.6. The van der Waals surface area contributed by atoms with E-state index in [1.54, 1.807) is 20.8 Å². The Balaban J connectivity index is 2.17. The molecule has 0 aromatic rings. The summed E-state index contributed by atoms with van der Waals surface area (Å²) in [4.78, 5) is 35.9. The van der Waals surface area contributed by atoms with E-state index in [0.29, 0.717) is 19.3 Å². The predicted molar refractivity (Wildman–Crippen MR) is 123 cm³/mol. The minimum absolute atomic E-state index is 0.164. The van der Waals surface area contributed by atoms with Gasteiger partial charge < -0.3 is 24.1 Å². The van der Waals surface area contributed by atoms with Crippen LogP contribution in [0, 0.1) is 17.8 Å². The van der Waals surface area contributed by atoms with Crippen LogP contribution in [0.5, 0.6) is 0 Å². The Morgan fingerprint density at radius 1 is 1.12 bits per heavy atom. The second-order valence-corrected chi connectivity index (χ2v) is 10.7. The molecule has 0 amide bonds. The van der Waals surface area contributed by atoms with Crippen molar-refractivity contribution in [3.05, 3.63) is 23.8 Å². The quantitative estimate of drug-likeness (QED) is 0.373. The lowest BCUT2D eigenvalue weighted by Gasteiger charge is -2.50. The third-order valence-electron chi connectivity index (χ3n) is 7.50. The molecule has 2 bridgehead atoms. The van der Waals surface area contributed by atoms with Crippen molar-refractivity contribution in [1.29, 1.82) is 0 Å². The van der Waals surface area contributed by atoms with Crippen LogP contribution in [0.1, 0.15) is 67.7 Å². The Kier molecular flexibility index (Phi) is 7.35. The highest BCUT2D eigenvalue weighted by molar-refractivity contribution is 5.67. The van der Waals surface area contributed by atoms with E-state index in [1.165, 1.54) is 20.8 Å². The molecule has 34 heavy (non-hydrogen) atoms. The fourth-order valence-corrected chi connectivity index (χ4v) is 6.39. The van der Waals surface area contributed by atoms with Gasteiger partial charge in [-0.25, -0.2) is 0 Å². The van der Waals surface area contributed by atoms with Crippen molar-refractivity contribution in [3.63, 3.8) is 0 Å². The molecule has 3 aliphatic rings. The second-order valence-electron chi connectivity index (χ2n) is 10.7. The summed E-state index contributed by atoms with van der Waals surface area (Å²) in [7, 11) is 0. The van der Waals surface area contributed by atoms with E-state index in [4.69, 9.17) is 18.9 Å². The zero-order valence-corrected chi connectivity index (χ0v) is 21.3. The molecule has 0 aromatic carbocycles. The number of fused-ring (bicyclic) bond motifs is 5. The number of aliphatic hydroxyl groups is 1. The van der Waals surface area contributed by atoms with Crippen molar-refractivity contribution in [2.24, 2.45) is 17.8 Å². The molecule has 1 aliphatic carbocycles. The zero-order valence-electron chi connectivity index (χ0n) is 21.3. The van der Waals surface area contributed by atoms with Crippen LogP contribution in [0.15, 0.2) is 23.8 Å². The highest BCUT2D eigenvalue weighted by Gasteiger charge is 2.64. The fourth-order valence-electron chi connectivity index (χ4n) is 6.39. The maximum atomic E-state index is 12.0. The van der Waals surface area contributed by atoms with Gasteiger partial charge >= 0.3 is 17.9 Å². The molecular weight excluding hydrogens is 440 g/mol. The molecule has 0 aromatic heterocycles. The Hall–Kier alpha value is -2.19. The van der Waals surface area contributed by atoms with Gasteiger partial charge in [-0.3, -0.25) is 14.4 Å². The Bertz CT molecular complexity index is 885. The molecule has 8 atom stereocenters. The normalized spacial score (nSPS) is 37.9. The summed E-state index contributed by atoms with van der Waals surface area (Å²) in [5.74, 6) is -2.45. The minimum atomic E-state index is -1.56. The van der Waals surface area contributed by atoms with Gasteiger partial charge in [-0.05, 0) is 34.1 Å². The molecule has 2 fully saturated rings. The van der Waals surface area contributed by atoms with Gasteiger partial charge in [0.2, 0.25) is 0 Å². The molecule has 2 heterocycles. The highest BCUT2D eigenvalue weighted by Crippen LogP contribution is 2.56. The van der Waals surface area contributed by atoms with Gasteiger partial charge in [0.05, 0.1) is 12.2 Å². The molecule has 8 heteroatoms. The predicted octanol–water partition coefficient (Wildman–Crippen LogP) is 3.26. The number of esters is 3. The minimum Gasteiger partial charge on any atom is -0.462 e. The fraction of sp³-hybridized carbons (Fsp3) is 0.731. The molecule has 1 N–H and O–H groups in total. The molecule has 0 radical (unpaired) electrons. The summed E-state index contributed by atoms with van der Waals surface area (Å²) in [5, 5.41) is 11.9. The van der Waals surface area contributed by atoms with Crippen LogP contribution in [0.2, 0.25) is 0 Å². The van der Waals surface area contributed by atoms with E-state index >= 15 is 0 Å². The molecular formula is C26H38O8. The van der Waals surface area contributed by atoms with Gasteiger partial charge in [-0.2, -0.15) is 0 Å². The Labute approximate surface area is 201 Å². The van der Waals surface area contributed by atoms with Crippen molar-refractivity contribution in [2.45, 2.75) is 103 Å². The summed E-state index contributed by atoms with van der Waals surface area (Å²) < 4.78 is 23.6. The van der Waals surface area contributed by atoms with Crippen LogP contribution in [-0.2, 0) is 33.3 Å². The van der Waals surface area contributed by atoms with Gasteiger partial charge in [0, 0.05) is 51.4 Å². The maximum Gasteiger partial charge on any atom is 0.303 e. The summed E-state index contributed by atoms with van der Waals surface area (Å²) in [6.45, 7) is 15.5. The van der Waals surface area contributed by atoms with Gasteiger partial charge in [0.1, 0.15) is 23.4 Å². The average molecular weight is 479 g/mol. The molecule has 1 saturated heterocycles. The number of carbonyl (C=O) groups is 3. The number of rotatable bonds is 4. The average Bonchev–Trinajstić information content (AvgIpc) is 3.03. The monoisotopic (exact) mass is 478 g/mol. The molecule has 8 nitrogen and oxygen atoms in total. The van der Waals surface area contributed by atoms with Crippen molar-refractivity contribution >= 4 is 17.9 Å². The SMILES string of the molecule is C=C1C[C@@H](OC(C)=O)[C@H](C(C)(C)OC(C)=O)[C@@H]2[C@H]1[C@H]1CC(C)=CC[C@H](OC(C)=O)[C@@](C)(O)[C@@H]2O1. The van der Waals surface area contributed by atoms with Crippen molar-refractivity contribution in [1.82, 2.24) is 0 Å².